The lowest BCUT2D eigenvalue weighted by Gasteiger charge is -2.20. The summed E-state index contributed by atoms with van der Waals surface area (Å²) in [7, 11) is 0. The van der Waals surface area contributed by atoms with Crippen molar-refractivity contribution in [3.05, 3.63) is 82.0 Å². The van der Waals surface area contributed by atoms with Gasteiger partial charge in [0.1, 0.15) is 5.69 Å². The third kappa shape index (κ3) is 1.43. The Morgan fingerprint density at radius 2 is 1.45 bits per heavy atom. The smallest absolute Gasteiger partial charge is 0.196 e. The van der Waals surface area contributed by atoms with Crippen molar-refractivity contribution in [2.75, 3.05) is 0 Å². The number of carbonyl (C=O) groups is 1. The van der Waals surface area contributed by atoms with E-state index >= 15 is 0 Å². The molecule has 3 nitrogen and oxygen atoms in total. The second kappa shape index (κ2) is 4.10. The van der Waals surface area contributed by atoms with Gasteiger partial charge in [0.05, 0.1) is 11.3 Å². The van der Waals surface area contributed by atoms with Crippen LogP contribution in [-0.4, -0.2) is 16.0 Å². The van der Waals surface area contributed by atoms with E-state index in [9.17, 15) is 4.79 Å². The number of hydrogen-bond acceptors (Lipinski definition) is 3. The predicted octanol–water partition coefficient (Wildman–Crippen LogP) is 3.18. The Balaban J connectivity index is 1.76. The molecule has 3 heteroatoms. The summed E-state index contributed by atoms with van der Waals surface area (Å²) in [6, 6.07) is 16.0. The molecule has 0 radical (unpaired) electrons. The molecular weight excluding hydrogens is 272 g/mol. The number of fused-ring (bicyclic) bond motifs is 6. The SMILES string of the molecule is O=C1c2ccccc2-c2nnc3c(c21)Cc1ccccc1C3. The number of nitrogens with zero attached hydrogens (tertiary/aromatic N) is 2. The Bertz CT molecular complexity index is 959. The maximum atomic E-state index is 12.8. The molecule has 0 saturated heterocycles. The second-order valence-electron chi connectivity index (χ2n) is 5.85. The zero-order valence-corrected chi connectivity index (χ0v) is 11.8. The number of benzene rings is 2. The third-order valence-corrected chi connectivity index (χ3v) is 4.66. The Kier molecular flexibility index (Phi) is 2.20. The number of ketones is 1. The summed E-state index contributed by atoms with van der Waals surface area (Å²) >= 11 is 0. The van der Waals surface area contributed by atoms with Crippen LogP contribution in [0.5, 0.6) is 0 Å². The molecule has 2 aliphatic rings. The molecule has 2 aliphatic carbocycles. The molecule has 0 saturated carbocycles. The van der Waals surface area contributed by atoms with E-state index in [0.29, 0.717) is 0 Å². The minimum atomic E-state index is 0.0936. The van der Waals surface area contributed by atoms with Crippen LogP contribution < -0.4 is 0 Å². The molecule has 0 unspecified atom stereocenters. The summed E-state index contributed by atoms with van der Waals surface area (Å²) in [6.45, 7) is 0. The van der Waals surface area contributed by atoms with Crippen molar-refractivity contribution in [1.82, 2.24) is 10.2 Å². The summed E-state index contributed by atoms with van der Waals surface area (Å²) in [5, 5.41) is 8.79. The highest BCUT2D eigenvalue weighted by Crippen LogP contribution is 2.39. The van der Waals surface area contributed by atoms with Crippen molar-refractivity contribution in [3.8, 4) is 11.3 Å². The van der Waals surface area contributed by atoms with Crippen molar-refractivity contribution in [3.63, 3.8) is 0 Å². The molecule has 0 amide bonds. The Hall–Kier alpha value is -2.81. The Morgan fingerprint density at radius 3 is 2.27 bits per heavy atom. The van der Waals surface area contributed by atoms with Gasteiger partial charge in [0.2, 0.25) is 0 Å². The first-order chi connectivity index (χ1) is 10.8. The molecule has 5 rings (SSSR count). The molecule has 0 spiro atoms. The fourth-order valence-corrected chi connectivity index (χ4v) is 3.57. The first kappa shape index (κ1) is 11.8. The van der Waals surface area contributed by atoms with E-state index in [1.54, 1.807) is 0 Å². The minimum Gasteiger partial charge on any atom is -0.288 e. The first-order valence-corrected chi connectivity index (χ1v) is 7.42. The largest absolute Gasteiger partial charge is 0.288 e. The number of carbonyl (C=O) groups excluding carboxylic acids is 1. The van der Waals surface area contributed by atoms with Gasteiger partial charge < -0.3 is 0 Å². The topological polar surface area (TPSA) is 42.9 Å². The molecule has 104 valence electrons. The van der Waals surface area contributed by atoms with E-state index in [-0.39, 0.29) is 5.78 Å². The maximum absolute atomic E-state index is 12.8. The van der Waals surface area contributed by atoms with Gasteiger partial charge in [0.25, 0.3) is 0 Å². The van der Waals surface area contributed by atoms with Gasteiger partial charge in [-0.05, 0) is 16.7 Å². The van der Waals surface area contributed by atoms with Crippen LogP contribution in [0, 0.1) is 0 Å². The molecule has 0 bridgehead atoms. The molecule has 22 heavy (non-hydrogen) atoms. The van der Waals surface area contributed by atoms with Gasteiger partial charge in [-0.25, -0.2) is 0 Å². The van der Waals surface area contributed by atoms with Gasteiger partial charge in [-0.1, -0.05) is 48.5 Å². The highest BCUT2D eigenvalue weighted by atomic mass is 16.1. The van der Waals surface area contributed by atoms with Crippen molar-refractivity contribution in [1.29, 1.82) is 0 Å². The maximum Gasteiger partial charge on any atom is 0.196 e. The van der Waals surface area contributed by atoms with Crippen molar-refractivity contribution >= 4 is 5.78 Å². The molecule has 0 fully saturated rings. The van der Waals surface area contributed by atoms with Gasteiger partial charge in [0, 0.05) is 24.0 Å². The van der Waals surface area contributed by atoms with Gasteiger partial charge in [-0.15, -0.1) is 5.10 Å². The van der Waals surface area contributed by atoms with Crippen LogP contribution in [0.25, 0.3) is 11.3 Å². The lowest BCUT2D eigenvalue weighted by molar-refractivity contribution is 0.104. The van der Waals surface area contributed by atoms with Crippen LogP contribution in [0.4, 0.5) is 0 Å². The Morgan fingerprint density at radius 1 is 0.773 bits per heavy atom. The normalized spacial score (nSPS) is 14.1. The zero-order valence-electron chi connectivity index (χ0n) is 11.8. The monoisotopic (exact) mass is 284 g/mol. The van der Waals surface area contributed by atoms with Crippen LogP contribution >= 0.6 is 0 Å². The van der Waals surface area contributed by atoms with Crippen LogP contribution in [0.15, 0.2) is 48.5 Å². The van der Waals surface area contributed by atoms with Gasteiger partial charge in [-0.3, -0.25) is 4.79 Å². The van der Waals surface area contributed by atoms with E-state index < -0.39 is 0 Å². The second-order valence-corrected chi connectivity index (χ2v) is 5.85. The molecule has 1 aromatic heterocycles. The highest BCUT2D eigenvalue weighted by molar-refractivity contribution is 6.21. The minimum absolute atomic E-state index is 0.0936. The molecule has 0 aliphatic heterocycles. The van der Waals surface area contributed by atoms with Gasteiger partial charge in [0.15, 0.2) is 5.78 Å². The van der Waals surface area contributed by atoms with E-state index in [2.05, 4.69) is 28.4 Å². The fourth-order valence-electron chi connectivity index (χ4n) is 3.57. The predicted molar refractivity (Wildman–Crippen MR) is 83.0 cm³/mol. The van der Waals surface area contributed by atoms with Crippen molar-refractivity contribution in [2.45, 2.75) is 12.8 Å². The average molecular weight is 284 g/mol. The lowest BCUT2D eigenvalue weighted by Crippen LogP contribution is -2.15. The Labute approximate surface area is 127 Å². The van der Waals surface area contributed by atoms with Crippen LogP contribution in [0.3, 0.4) is 0 Å². The quantitative estimate of drug-likeness (QED) is 0.438. The summed E-state index contributed by atoms with van der Waals surface area (Å²) in [5.41, 5.74) is 7.75. The van der Waals surface area contributed by atoms with Gasteiger partial charge >= 0.3 is 0 Å². The van der Waals surface area contributed by atoms with Crippen molar-refractivity contribution < 1.29 is 4.79 Å². The molecule has 3 aromatic rings. The highest BCUT2D eigenvalue weighted by Gasteiger charge is 2.33. The first-order valence-electron chi connectivity index (χ1n) is 7.42. The van der Waals surface area contributed by atoms with Crippen LogP contribution in [-0.2, 0) is 12.8 Å². The van der Waals surface area contributed by atoms with Crippen molar-refractivity contribution in [2.24, 2.45) is 0 Å². The van der Waals surface area contributed by atoms with E-state index in [1.165, 1.54) is 11.1 Å². The lowest BCUT2D eigenvalue weighted by atomic mass is 9.86. The standard InChI is InChI=1S/C19H12N2O/c22-19-14-8-4-3-7-13(14)18-17(19)15-9-11-5-1-2-6-12(11)10-16(15)20-21-18/h1-8H,9-10H2. The summed E-state index contributed by atoms with van der Waals surface area (Å²) in [5.74, 6) is 0.0936. The average Bonchev–Trinajstić information content (AvgIpc) is 2.87. The number of aromatic nitrogens is 2. The summed E-state index contributed by atoms with van der Waals surface area (Å²) in [4.78, 5) is 12.8. The third-order valence-electron chi connectivity index (χ3n) is 4.66. The van der Waals surface area contributed by atoms with Crippen LogP contribution in [0.2, 0.25) is 0 Å². The zero-order chi connectivity index (χ0) is 14.7. The van der Waals surface area contributed by atoms with E-state index in [0.717, 1.165) is 46.5 Å². The molecule has 1 heterocycles. The van der Waals surface area contributed by atoms with E-state index in [4.69, 9.17) is 0 Å². The molecule has 0 atom stereocenters. The van der Waals surface area contributed by atoms with Crippen LogP contribution in [0.1, 0.15) is 38.3 Å². The molecule has 2 aromatic carbocycles. The molecule has 0 N–H and O–H groups in total. The fraction of sp³-hybridized carbons (Fsp3) is 0.105. The summed E-state index contributed by atoms with van der Waals surface area (Å²) in [6.07, 6.45) is 1.53. The van der Waals surface area contributed by atoms with E-state index in [1.807, 2.05) is 30.3 Å². The van der Waals surface area contributed by atoms with Gasteiger partial charge in [-0.2, -0.15) is 5.10 Å². The summed E-state index contributed by atoms with van der Waals surface area (Å²) < 4.78 is 0. The number of rotatable bonds is 0. The molecular formula is C19H12N2O. The number of hydrogen-bond donors (Lipinski definition) is 0.